The quantitative estimate of drug-likeness (QED) is 0.614. The number of likely N-dealkylation sites (tertiary alicyclic amines) is 1. The molecule has 2 atom stereocenters. The number of esters is 1. The Bertz CT molecular complexity index is 297. The van der Waals surface area contributed by atoms with Crippen molar-refractivity contribution in [1.82, 2.24) is 10.2 Å². The zero-order chi connectivity index (χ0) is 14.3. The molecule has 0 saturated carbocycles. The van der Waals surface area contributed by atoms with Crippen molar-refractivity contribution in [1.29, 1.82) is 0 Å². The molecule has 0 radical (unpaired) electrons. The van der Waals surface area contributed by atoms with Crippen LogP contribution in [0.2, 0.25) is 0 Å². The van der Waals surface area contributed by atoms with Crippen LogP contribution in [0.5, 0.6) is 0 Å². The van der Waals surface area contributed by atoms with Gasteiger partial charge in [-0.05, 0) is 31.1 Å². The minimum Gasteiger partial charge on any atom is -0.469 e. The number of hydrogen-bond acceptors (Lipinski definition) is 3. The van der Waals surface area contributed by atoms with Gasteiger partial charge in [0.25, 0.3) is 0 Å². The predicted octanol–water partition coefficient (Wildman–Crippen LogP) is 2.02. The highest BCUT2D eigenvalue weighted by atomic mass is 16.5. The Morgan fingerprint density at radius 2 is 1.84 bits per heavy atom. The number of ether oxygens (including phenoxy) is 1. The van der Waals surface area contributed by atoms with Crippen molar-refractivity contribution in [2.75, 3.05) is 26.7 Å². The second-order valence-electron chi connectivity index (χ2n) is 5.62. The van der Waals surface area contributed by atoms with E-state index in [1.165, 1.54) is 13.5 Å². The summed E-state index contributed by atoms with van der Waals surface area (Å²) in [6, 6.07) is 0.0245. The molecule has 1 aliphatic rings. The molecule has 0 spiro atoms. The Kier molecular flexibility index (Phi) is 6.67. The van der Waals surface area contributed by atoms with Gasteiger partial charge in [-0.25, -0.2) is 4.79 Å². The van der Waals surface area contributed by atoms with Crippen LogP contribution in [-0.4, -0.2) is 43.6 Å². The minimum atomic E-state index is -0.190. The van der Waals surface area contributed by atoms with Gasteiger partial charge in [-0.15, -0.1) is 0 Å². The average molecular weight is 270 g/mol. The molecule has 0 aromatic heterocycles. The number of nitrogens with one attached hydrogen (secondary N) is 1. The number of methoxy groups -OCH3 is 1. The Labute approximate surface area is 115 Å². The molecule has 2 amide bonds. The van der Waals surface area contributed by atoms with Gasteiger partial charge in [-0.1, -0.05) is 13.8 Å². The van der Waals surface area contributed by atoms with Crippen molar-refractivity contribution in [3.8, 4) is 0 Å². The van der Waals surface area contributed by atoms with Gasteiger partial charge in [-0.3, -0.25) is 4.79 Å². The average Bonchev–Trinajstić information content (AvgIpc) is 2.36. The fourth-order valence-electron chi connectivity index (χ4n) is 2.63. The van der Waals surface area contributed by atoms with Crippen molar-refractivity contribution >= 4 is 12.0 Å². The largest absolute Gasteiger partial charge is 0.469 e. The zero-order valence-electron chi connectivity index (χ0n) is 12.3. The van der Waals surface area contributed by atoms with E-state index < -0.39 is 0 Å². The monoisotopic (exact) mass is 270 g/mol. The number of amides is 2. The van der Waals surface area contributed by atoms with Crippen LogP contribution < -0.4 is 5.32 Å². The molecule has 0 aromatic carbocycles. The van der Waals surface area contributed by atoms with Crippen molar-refractivity contribution in [3.63, 3.8) is 0 Å². The van der Waals surface area contributed by atoms with Gasteiger partial charge in [0.2, 0.25) is 0 Å². The summed E-state index contributed by atoms with van der Waals surface area (Å²) in [7, 11) is 1.39. The van der Waals surface area contributed by atoms with E-state index in [4.69, 9.17) is 0 Å². The summed E-state index contributed by atoms with van der Waals surface area (Å²) in [4.78, 5) is 24.8. The molecule has 1 N–H and O–H groups in total. The summed E-state index contributed by atoms with van der Waals surface area (Å²) in [6.07, 6.45) is 3.17. The molecule has 2 unspecified atom stereocenters. The summed E-state index contributed by atoms with van der Waals surface area (Å²) in [5.41, 5.74) is 0. The predicted molar refractivity (Wildman–Crippen MR) is 73.8 cm³/mol. The van der Waals surface area contributed by atoms with Gasteiger partial charge in [-0.2, -0.15) is 0 Å². The molecule has 1 heterocycles. The third-order valence-electron chi connectivity index (χ3n) is 3.47. The Morgan fingerprint density at radius 1 is 1.21 bits per heavy atom. The lowest BCUT2D eigenvalue weighted by molar-refractivity contribution is -0.140. The third-order valence-corrected chi connectivity index (χ3v) is 3.47. The number of rotatable bonds is 5. The van der Waals surface area contributed by atoms with E-state index >= 15 is 0 Å². The molecular formula is C14H26N2O3. The van der Waals surface area contributed by atoms with Gasteiger partial charge < -0.3 is 15.0 Å². The second-order valence-corrected chi connectivity index (χ2v) is 5.62. The fraction of sp³-hybridized carbons (Fsp3) is 0.857. The van der Waals surface area contributed by atoms with Crippen molar-refractivity contribution < 1.29 is 14.3 Å². The number of carbonyl (C=O) groups is 2. The van der Waals surface area contributed by atoms with E-state index in [-0.39, 0.29) is 12.0 Å². The first kappa shape index (κ1) is 15.8. The summed E-state index contributed by atoms with van der Waals surface area (Å²) >= 11 is 0. The van der Waals surface area contributed by atoms with Gasteiger partial charge in [0.05, 0.1) is 7.11 Å². The van der Waals surface area contributed by atoms with E-state index in [2.05, 4.69) is 23.9 Å². The minimum absolute atomic E-state index is 0.0245. The van der Waals surface area contributed by atoms with E-state index in [0.717, 1.165) is 25.9 Å². The molecule has 0 bridgehead atoms. The lowest BCUT2D eigenvalue weighted by Crippen LogP contribution is -2.47. The smallest absolute Gasteiger partial charge is 0.317 e. The molecule has 0 aromatic rings. The Balaban J connectivity index is 2.15. The summed E-state index contributed by atoms with van der Waals surface area (Å²) < 4.78 is 4.56. The SMILES string of the molecule is COC(=O)CCCCNC(=O)N1CC(C)CC(C)C1. The molecule has 5 nitrogen and oxygen atoms in total. The number of urea groups is 1. The Morgan fingerprint density at radius 3 is 2.42 bits per heavy atom. The van der Waals surface area contributed by atoms with Crippen LogP contribution in [0.3, 0.4) is 0 Å². The lowest BCUT2D eigenvalue weighted by atomic mass is 9.92. The number of nitrogens with zero attached hydrogens (tertiary/aromatic N) is 1. The van der Waals surface area contributed by atoms with Gasteiger partial charge >= 0.3 is 12.0 Å². The van der Waals surface area contributed by atoms with E-state index in [1.807, 2.05) is 4.90 Å². The number of unbranched alkanes of at least 4 members (excludes halogenated alkanes) is 1. The van der Waals surface area contributed by atoms with E-state index in [9.17, 15) is 9.59 Å². The van der Waals surface area contributed by atoms with E-state index in [1.54, 1.807) is 0 Å². The van der Waals surface area contributed by atoms with E-state index in [0.29, 0.717) is 24.8 Å². The third kappa shape index (κ3) is 5.94. The van der Waals surface area contributed by atoms with Crippen molar-refractivity contribution in [3.05, 3.63) is 0 Å². The van der Waals surface area contributed by atoms with Crippen LogP contribution in [0.25, 0.3) is 0 Å². The maximum Gasteiger partial charge on any atom is 0.317 e. The maximum absolute atomic E-state index is 12.0. The molecule has 0 aliphatic carbocycles. The maximum atomic E-state index is 12.0. The molecule has 1 rings (SSSR count). The van der Waals surface area contributed by atoms with Gasteiger partial charge in [0.15, 0.2) is 0 Å². The number of piperidine rings is 1. The topological polar surface area (TPSA) is 58.6 Å². The summed E-state index contributed by atoms with van der Waals surface area (Å²) in [6.45, 7) is 6.68. The van der Waals surface area contributed by atoms with Crippen molar-refractivity contribution in [2.45, 2.75) is 39.5 Å². The highest BCUT2D eigenvalue weighted by Crippen LogP contribution is 2.20. The first-order valence-electron chi connectivity index (χ1n) is 7.12. The number of hydrogen-bond donors (Lipinski definition) is 1. The zero-order valence-corrected chi connectivity index (χ0v) is 12.3. The van der Waals surface area contributed by atoms with Crippen LogP contribution in [-0.2, 0) is 9.53 Å². The highest BCUT2D eigenvalue weighted by molar-refractivity contribution is 5.74. The lowest BCUT2D eigenvalue weighted by Gasteiger charge is -2.34. The van der Waals surface area contributed by atoms with Crippen molar-refractivity contribution in [2.24, 2.45) is 11.8 Å². The molecule has 1 saturated heterocycles. The normalized spacial score (nSPS) is 23.0. The van der Waals surface area contributed by atoms with Crippen LogP contribution in [0.1, 0.15) is 39.5 Å². The second kappa shape index (κ2) is 8.02. The first-order chi connectivity index (χ1) is 9.02. The van der Waals surface area contributed by atoms with Gasteiger partial charge in [0, 0.05) is 26.1 Å². The van der Waals surface area contributed by atoms with Crippen LogP contribution in [0, 0.1) is 11.8 Å². The summed E-state index contributed by atoms with van der Waals surface area (Å²) in [5, 5.41) is 2.92. The van der Waals surface area contributed by atoms with Gasteiger partial charge in [0.1, 0.15) is 0 Å². The standard InChI is InChI=1S/C14H26N2O3/c1-11-8-12(2)10-16(9-11)14(18)15-7-5-4-6-13(17)19-3/h11-12H,4-10H2,1-3H3,(H,15,18). The fourth-order valence-corrected chi connectivity index (χ4v) is 2.63. The molecule has 110 valence electrons. The molecule has 1 aliphatic heterocycles. The highest BCUT2D eigenvalue weighted by Gasteiger charge is 2.24. The molecule has 19 heavy (non-hydrogen) atoms. The molecular weight excluding hydrogens is 244 g/mol. The van der Waals surface area contributed by atoms with Crippen LogP contribution in [0.15, 0.2) is 0 Å². The Hall–Kier alpha value is -1.26. The molecule has 5 heteroatoms. The molecule has 1 fully saturated rings. The van der Waals surface area contributed by atoms with Crippen LogP contribution in [0.4, 0.5) is 4.79 Å². The van der Waals surface area contributed by atoms with Crippen LogP contribution >= 0.6 is 0 Å². The summed E-state index contributed by atoms with van der Waals surface area (Å²) in [5.74, 6) is 0.965. The number of carbonyl (C=O) groups excluding carboxylic acids is 2. The first-order valence-corrected chi connectivity index (χ1v) is 7.12.